The minimum Gasteiger partial charge on any atom is -0.507 e. The number of aryl methyl sites for hydroxylation is 1. The van der Waals surface area contributed by atoms with Gasteiger partial charge >= 0.3 is 0 Å². The number of carbonyl (C=O) groups is 2. The first-order valence-corrected chi connectivity index (χ1v) is 12.6. The van der Waals surface area contributed by atoms with Gasteiger partial charge in [-0.15, -0.1) is 11.3 Å². The van der Waals surface area contributed by atoms with Gasteiger partial charge in [-0.2, -0.15) is 0 Å². The third-order valence-corrected chi connectivity index (χ3v) is 7.23. The summed E-state index contributed by atoms with van der Waals surface area (Å²) in [6, 6.07) is 25.0. The molecular weight excluding hydrogens is 486 g/mol. The monoisotopic (exact) mass is 511 g/mol. The zero-order valence-electron chi connectivity index (χ0n) is 20.4. The molecule has 1 fully saturated rings. The van der Waals surface area contributed by atoms with Gasteiger partial charge in [-0.05, 0) is 72.0 Å². The summed E-state index contributed by atoms with van der Waals surface area (Å²) in [6.07, 6.45) is 0. The number of rotatable bonds is 7. The molecule has 186 valence electrons. The second-order valence-electron chi connectivity index (χ2n) is 8.63. The summed E-state index contributed by atoms with van der Waals surface area (Å²) in [5.74, 6) is -0.341. The number of ether oxygens (including phenoxy) is 2. The van der Waals surface area contributed by atoms with Crippen molar-refractivity contribution in [3.63, 3.8) is 0 Å². The highest BCUT2D eigenvalue weighted by atomic mass is 32.1. The van der Waals surface area contributed by atoms with E-state index in [9.17, 15) is 14.7 Å². The van der Waals surface area contributed by atoms with E-state index >= 15 is 0 Å². The zero-order valence-corrected chi connectivity index (χ0v) is 21.2. The van der Waals surface area contributed by atoms with Crippen LogP contribution in [0.5, 0.6) is 11.5 Å². The van der Waals surface area contributed by atoms with E-state index in [0.717, 1.165) is 16.0 Å². The van der Waals surface area contributed by atoms with Gasteiger partial charge in [-0.25, -0.2) is 0 Å². The van der Waals surface area contributed by atoms with Gasteiger partial charge in [-0.3, -0.25) is 14.5 Å². The van der Waals surface area contributed by atoms with Gasteiger partial charge in [0.1, 0.15) is 29.9 Å². The molecule has 1 aliphatic rings. The number of aliphatic hydroxyl groups is 1. The number of hydrogen-bond donors (Lipinski definition) is 1. The maximum Gasteiger partial charge on any atom is 0.300 e. The Bertz CT molecular complexity index is 1460. The van der Waals surface area contributed by atoms with Crippen LogP contribution in [0.4, 0.5) is 5.69 Å². The molecule has 1 saturated heterocycles. The predicted molar refractivity (Wildman–Crippen MR) is 144 cm³/mol. The summed E-state index contributed by atoms with van der Waals surface area (Å²) in [4.78, 5) is 28.9. The van der Waals surface area contributed by atoms with E-state index in [4.69, 9.17) is 9.47 Å². The maximum atomic E-state index is 13.3. The molecule has 2 heterocycles. The second-order valence-corrected chi connectivity index (χ2v) is 9.61. The van der Waals surface area contributed by atoms with Crippen molar-refractivity contribution in [3.05, 3.63) is 117 Å². The van der Waals surface area contributed by atoms with Crippen LogP contribution in [-0.4, -0.2) is 23.9 Å². The van der Waals surface area contributed by atoms with Crippen molar-refractivity contribution in [2.75, 3.05) is 12.0 Å². The average Bonchev–Trinajstić information content (AvgIpc) is 3.55. The lowest BCUT2D eigenvalue weighted by molar-refractivity contribution is -0.132. The SMILES string of the molecule is COc1ccc(/C(O)=C2/C(=O)C(=O)N(c3ccc(OCc4ccccc4)cc3)C2c2cccs2)c(C)c1. The Kier molecular flexibility index (Phi) is 6.79. The molecule has 37 heavy (non-hydrogen) atoms. The van der Waals surface area contributed by atoms with Gasteiger partial charge < -0.3 is 14.6 Å². The van der Waals surface area contributed by atoms with E-state index in [2.05, 4.69) is 0 Å². The Hall–Kier alpha value is -4.36. The van der Waals surface area contributed by atoms with Crippen molar-refractivity contribution in [3.8, 4) is 11.5 Å². The number of thiophene rings is 1. The standard InChI is InChI=1S/C30H25NO5S/c1-19-17-23(35-2)14-15-24(19)28(32)26-27(25-9-6-16-37-25)31(30(34)29(26)33)21-10-12-22(13-11-21)36-18-20-7-4-3-5-8-20/h3-17,27,32H,18H2,1-2H3/b28-26-. The maximum absolute atomic E-state index is 13.3. The third-order valence-electron chi connectivity index (χ3n) is 6.31. The Morgan fingerprint density at radius 3 is 2.32 bits per heavy atom. The number of hydrogen-bond acceptors (Lipinski definition) is 6. The molecule has 4 aromatic rings. The number of Topliss-reactive ketones (excluding diaryl/α,β-unsaturated/α-hetero) is 1. The molecule has 1 aromatic heterocycles. The van der Waals surface area contributed by atoms with Crippen LogP contribution in [0.2, 0.25) is 0 Å². The third kappa shape index (κ3) is 4.73. The summed E-state index contributed by atoms with van der Waals surface area (Å²) in [5.41, 5.74) is 2.85. The summed E-state index contributed by atoms with van der Waals surface area (Å²) in [5, 5.41) is 13.2. The first-order valence-electron chi connectivity index (χ1n) is 11.7. The van der Waals surface area contributed by atoms with Crippen LogP contribution in [-0.2, 0) is 16.2 Å². The highest BCUT2D eigenvalue weighted by Gasteiger charge is 2.47. The minimum atomic E-state index is -0.752. The number of benzene rings is 3. The van der Waals surface area contributed by atoms with Crippen LogP contribution < -0.4 is 14.4 Å². The van der Waals surface area contributed by atoms with Crippen LogP contribution in [0.3, 0.4) is 0 Å². The Morgan fingerprint density at radius 2 is 1.68 bits per heavy atom. The molecule has 0 saturated carbocycles. The quantitative estimate of drug-likeness (QED) is 0.180. The van der Waals surface area contributed by atoms with Crippen molar-refractivity contribution in [1.29, 1.82) is 0 Å². The average molecular weight is 512 g/mol. The second kappa shape index (κ2) is 10.3. The van der Waals surface area contributed by atoms with Crippen LogP contribution >= 0.6 is 11.3 Å². The molecule has 1 aliphatic heterocycles. The molecule has 7 heteroatoms. The smallest absolute Gasteiger partial charge is 0.300 e. The molecule has 5 rings (SSSR count). The molecule has 0 radical (unpaired) electrons. The highest BCUT2D eigenvalue weighted by molar-refractivity contribution is 7.10. The molecule has 1 atom stereocenters. The summed E-state index contributed by atoms with van der Waals surface area (Å²) >= 11 is 1.42. The fourth-order valence-corrected chi connectivity index (χ4v) is 5.26. The van der Waals surface area contributed by atoms with E-state index in [1.807, 2.05) is 54.8 Å². The van der Waals surface area contributed by atoms with Crippen molar-refractivity contribution in [2.24, 2.45) is 0 Å². The number of anilines is 1. The molecule has 6 nitrogen and oxygen atoms in total. The number of amides is 1. The van der Waals surface area contributed by atoms with Crippen LogP contribution in [0.1, 0.15) is 27.6 Å². The lowest BCUT2D eigenvalue weighted by Crippen LogP contribution is -2.29. The number of carbonyl (C=O) groups excluding carboxylic acids is 2. The Balaban J connectivity index is 1.51. The summed E-state index contributed by atoms with van der Waals surface area (Å²) in [7, 11) is 1.56. The van der Waals surface area contributed by atoms with Crippen molar-refractivity contribution in [2.45, 2.75) is 19.6 Å². The van der Waals surface area contributed by atoms with E-state index in [1.54, 1.807) is 49.6 Å². The molecule has 0 aliphatic carbocycles. The lowest BCUT2D eigenvalue weighted by Gasteiger charge is -2.24. The van der Waals surface area contributed by atoms with E-state index in [-0.39, 0.29) is 11.3 Å². The highest BCUT2D eigenvalue weighted by Crippen LogP contribution is 2.44. The predicted octanol–water partition coefficient (Wildman–Crippen LogP) is 6.27. The van der Waals surface area contributed by atoms with Gasteiger partial charge in [-0.1, -0.05) is 36.4 Å². The minimum absolute atomic E-state index is 0.0603. The first-order chi connectivity index (χ1) is 18.0. The lowest BCUT2D eigenvalue weighted by atomic mass is 9.97. The molecule has 3 aromatic carbocycles. The fraction of sp³-hybridized carbons (Fsp3) is 0.133. The van der Waals surface area contributed by atoms with E-state index in [1.165, 1.54) is 16.2 Å². The Labute approximate surface area is 219 Å². The van der Waals surface area contributed by atoms with Gasteiger partial charge in [0.15, 0.2) is 0 Å². The number of nitrogens with zero attached hydrogens (tertiary/aromatic N) is 1. The van der Waals surface area contributed by atoms with Crippen molar-refractivity contribution >= 4 is 34.5 Å². The summed E-state index contributed by atoms with van der Waals surface area (Å²) < 4.78 is 11.1. The van der Waals surface area contributed by atoms with Gasteiger partial charge in [0.2, 0.25) is 0 Å². The van der Waals surface area contributed by atoms with Crippen LogP contribution in [0.25, 0.3) is 5.76 Å². The number of aliphatic hydroxyl groups excluding tert-OH is 1. The van der Waals surface area contributed by atoms with Crippen molar-refractivity contribution < 1.29 is 24.2 Å². The van der Waals surface area contributed by atoms with Crippen molar-refractivity contribution in [1.82, 2.24) is 0 Å². The molecule has 0 spiro atoms. The Morgan fingerprint density at radius 1 is 0.946 bits per heavy atom. The number of methoxy groups -OCH3 is 1. The fourth-order valence-electron chi connectivity index (χ4n) is 4.43. The molecule has 1 unspecified atom stereocenters. The zero-order chi connectivity index (χ0) is 25.9. The largest absolute Gasteiger partial charge is 0.507 e. The van der Waals surface area contributed by atoms with Crippen LogP contribution in [0.15, 0.2) is 95.9 Å². The summed E-state index contributed by atoms with van der Waals surface area (Å²) in [6.45, 7) is 2.24. The molecule has 0 bridgehead atoms. The van der Waals surface area contributed by atoms with Gasteiger partial charge in [0.05, 0.1) is 12.7 Å². The van der Waals surface area contributed by atoms with E-state index < -0.39 is 17.7 Å². The molecule has 1 N–H and O–H groups in total. The molecule has 1 amide bonds. The first kappa shape index (κ1) is 24.3. The van der Waals surface area contributed by atoms with E-state index in [0.29, 0.717) is 29.4 Å². The van der Waals surface area contributed by atoms with Gasteiger partial charge in [0, 0.05) is 16.1 Å². The van der Waals surface area contributed by atoms with Crippen LogP contribution in [0, 0.1) is 6.92 Å². The molecular formula is C30H25NO5S. The van der Waals surface area contributed by atoms with Gasteiger partial charge in [0.25, 0.3) is 11.7 Å². The number of ketones is 1. The normalized spacial score (nSPS) is 16.7. The topological polar surface area (TPSA) is 76.1 Å².